The van der Waals surface area contributed by atoms with E-state index in [1.165, 1.54) is 25.7 Å². The van der Waals surface area contributed by atoms with Crippen molar-refractivity contribution >= 4 is 15.9 Å². The predicted octanol–water partition coefficient (Wildman–Crippen LogP) is 3.81. The van der Waals surface area contributed by atoms with Gasteiger partial charge < -0.3 is 14.6 Å². The molecule has 1 atom stereocenters. The maximum Gasteiger partial charge on any atom is 0.120 e. The second-order valence-corrected chi connectivity index (χ2v) is 6.74. The van der Waals surface area contributed by atoms with Gasteiger partial charge in [-0.15, -0.1) is 0 Å². The molecule has 4 heteroatoms. The van der Waals surface area contributed by atoms with Crippen LogP contribution in [0.5, 0.6) is 5.75 Å². The Balaban J connectivity index is 1.68. The van der Waals surface area contributed by atoms with Gasteiger partial charge in [0.1, 0.15) is 11.9 Å². The SMILES string of the molecule is OCc1cc(OC2CCOC3(CCCC3)C2)ccc1Br. The molecule has 1 aliphatic carbocycles. The molecule has 1 saturated carbocycles. The number of hydrogen-bond donors (Lipinski definition) is 1. The van der Waals surface area contributed by atoms with Gasteiger partial charge in [-0.2, -0.15) is 0 Å². The van der Waals surface area contributed by atoms with E-state index < -0.39 is 0 Å². The van der Waals surface area contributed by atoms with Gasteiger partial charge in [0.05, 0.1) is 18.8 Å². The molecule has 0 radical (unpaired) electrons. The summed E-state index contributed by atoms with van der Waals surface area (Å²) < 4.78 is 13.1. The lowest BCUT2D eigenvalue weighted by atomic mass is 9.90. The molecule has 1 saturated heterocycles. The molecule has 1 N–H and O–H groups in total. The predicted molar refractivity (Wildman–Crippen MR) is 80.9 cm³/mol. The van der Waals surface area contributed by atoms with Crippen molar-refractivity contribution in [2.45, 2.75) is 56.8 Å². The van der Waals surface area contributed by atoms with Gasteiger partial charge in [0.15, 0.2) is 0 Å². The van der Waals surface area contributed by atoms with Gasteiger partial charge in [0, 0.05) is 17.3 Å². The Hall–Kier alpha value is -0.580. The molecule has 110 valence electrons. The van der Waals surface area contributed by atoms with Crippen molar-refractivity contribution in [3.05, 3.63) is 28.2 Å². The lowest BCUT2D eigenvalue weighted by molar-refractivity contribution is -0.108. The number of aliphatic hydroxyl groups excluding tert-OH is 1. The first-order valence-electron chi connectivity index (χ1n) is 7.41. The van der Waals surface area contributed by atoms with Crippen molar-refractivity contribution in [2.24, 2.45) is 0 Å². The van der Waals surface area contributed by atoms with Crippen LogP contribution < -0.4 is 4.74 Å². The summed E-state index contributed by atoms with van der Waals surface area (Å²) in [4.78, 5) is 0. The highest BCUT2D eigenvalue weighted by atomic mass is 79.9. The van der Waals surface area contributed by atoms with Crippen LogP contribution in [0.25, 0.3) is 0 Å². The number of rotatable bonds is 3. The average Bonchev–Trinajstić information content (AvgIpc) is 2.89. The van der Waals surface area contributed by atoms with Crippen LogP contribution in [0, 0.1) is 0 Å². The van der Waals surface area contributed by atoms with Gasteiger partial charge in [-0.1, -0.05) is 28.8 Å². The van der Waals surface area contributed by atoms with E-state index in [0.29, 0.717) is 0 Å². The van der Waals surface area contributed by atoms with Crippen LogP contribution in [0.2, 0.25) is 0 Å². The third-order valence-electron chi connectivity index (χ3n) is 4.45. The number of ether oxygens (including phenoxy) is 2. The summed E-state index contributed by atoms with van der Waals surface area (Å²) in [5.74, 6) is 0.845. The molecule has 1 aromatic carbocycles. The summed E-state index contributed by atoms with van der Waals surface area (Å²) in [6, 6.07) is 5.81. The summed E-state index contributed by atoms with van der Waals surface area (Å²) >= 11 is 3.43. The van der Waals surface area contributed by atoms with Crippen molar-refractivity contribution in [3.8, 4) is 5.75 Å². The Morgan fingerprint density at radius 3 is 2.90 bits per heavy atom. The minimum Gasteiger partial charge on any atom is -0.490 e. The monoisotopic (exact) mass is 340 g/mol. The van der Waals surface area contributed by atoms with Gasteiger partial charge in [-0.25, -0.2) is 0 Å². The number of aliphatic hydroxyl groups is 1. The third kappa shape index (κ3) is 3.02. The first kappa shape index (κ1) is 14.4. The Bertz CT molecular complexity index is 469. The van der Waals surface area contributed by atoms with Gasteiger partial charge in [0.25, 0.3) is 0 Å². The molecule has 0 aromatic heterocycles. The van der Waals surface area contributed by atoms with E-state index in [1.54, 1.807) is 0 Å². The molecule has 1 spiro atoms. The first-order valence-corrected chi connectivity index (χ1v) is 8.20. The molecule has 1 unspecified atom stereocenters. The second kappa shape index (κ2) is 6.04. The van der Waals surface area contributed by atoms with Crippen molar-refractivity contribution in [1.29, 1.82) is 0 Å². The van der Waals surface area contributed by atoms with Crippen LogP contribution in [0.4, 0.5) is 0 Å². The van der Waals surface area contributed by atoms with E-state index in [1.807, 2.05) is 18.2 Å². The zero-order valence-electron chi connectivity index (χ0n) is 11.6. The summed E-state index contributed by atoms with van der Waals surface area (Å²) in [5, 5.41) is 9.31. The van der Waals surface area contributed by atoms with Crippen LogP contribution in [-0.2, 0) is 11.3 Å². The Morgan fingerprint density at radius 2 is 2.15 bits per heavy atom. The van der Waals surface area contributed by atoms with Crippen molar-refractivity contribution in [1.82, 2.24) is 0 Å². The zero-order valence-corrected chi connectivity index (χ0v) is 13.2. The topological polar surface area (TPSA) is 38.7 Å². The molecule has 2 aliphatic rings. The van der Waals surface area contributed by atoms with Crippen LogP contribution in [0.3, 0.4) is 0 Å². The van der Waals surface area contributed by atoms with E-state index in [0.717, 1.165) is 35.2 Å². The van der Waals surface area contributed by atoms with Gasteiger partial charge in [-0.05, 0) is 36.6 Å². The highest BCUT2D eigenvalue weighted by Crippen LogP contribution is 2.41. The fraction of sp³-hybridized carbons (Fsp3) is 0.625. The van der Waals surface area contributed by atoms with Crippen LogP contribution in [0.15, 0.2) is 22.7 Å². The summed E-state index contributed by atoms with van der Waals surface area (Å²) in [6.07, 6.45) is 7.09. The zero-order chi connectivity index (χ0) is 14.0. The van der Waals surface area contributed by atoms with E-state index in [4.69, 9.17) is 9.47 Å². The van der Waals surface area contributed by atoms with Crippen molar-refractivity contribution in [2.75, 3.05) is 6.61 Å². The third-order valence-corrected chi connectivity index (χ3v) is 5.23. The summed E-state index contributed by atoms with van der Waals surface area (Å²) in [5.41, 5.74) is 0.947. The second-order valence-electron chi connectivity index (χ2n) is 5.88. The Morgan fingerprint density at radius 1 is 1.35 bits per heavy atom. The molecule has 20 heavy (non-hydrogen) atoms. The standard InChI is InChI=1S/C16H21BrO3/c17-15-4-3-13(9-12(15)11-18)20-14-5-8-19-16(10-14)6-1-2-7-16/h3-4,9,14,18H,1-2,5-8,10-11H2. The number of hydrogen-bond acceptors (Lipinski definition) is 3. The first-order chi connectivity index (χ1) is 9.71. The molecule has 1 aromatic rings. The Labute approximate surface area is 128 Å². The van der Waals surface area contributed by atoms with E-state index >= 15 is 0 Å². The normalized spacial score (nSPS) is 25.0. The molecule has 2 fully saturated rings. The smallest absolute Gasteiger partial charge is 0.120 e. The van der Waals surface area contributed by atoms with Crippen LogP contribution >= 0.6 is 15.9 Å². The van der Waals surface area contributed by atoms with Crippen LogP contribution in [-0.4, -0.2) is 23.4 Å². The molecule has 1 heterocycles. The summed E-state index contributed by atoms with van der Waals surface area (Å²) in [7, 11) is 0. The van der Waals surface area contributed by atoms with Crippen LogP contribution in [0.1, 0.15) is 44.1 Å². The minimum atomic E-state index is 0.0233. The van der Waals surface area contributed by atoms with E-state index in [9.17, 15) is 5.11 Å². The van der Waals surface area contributed by atoms with Gasteiger partial charge >= 0.3 is 0 Å². The molecule has 0 amide bonds. The molecule has 3 nitrogen and oxygen atoms in total. The lowest BCUT2D eigenvalue weighted by Gasteiger charge is -2.38. The molecule has 0 bridgehead atoms. The lowest BCUT2D eigenvalue weighted by Crippen LogP contribution is -2.41. The highest BCUT2D eigenvalue weighted by molar-refractivity contribution is 9.10. The van der Waals surface area contributed by atoms with Crippen molar-refractivity contribution < 1.29 is 14.6 Å². The minimum absolute atomic E-state index is 0.0233. The number of halogens is 1. The maximum atomic E-state index is 9.31. The van der Waals surface area contributed by atoms with E-state index in [-0.39, 0.29) is 18.3 Å². The largest absolute Gasteiger partial charge is 0.490 e. The molecular weight excluding hydrogens is 320 g/mol. The highest BCUT2D eigenvalue weighted by Gasteiger charge is 2.40. The molecular formula is C16H21BrO3. The van der Waals surface area contributed by atoms with E-state index in [2.05, 4.69) is 15.9 Å². The molecule has 1 aliphatic heterocycles. The number of benzene rings is 1. The van der Waals surface area contributed by atoms with Gasteiger partial charge in [-0.3, -0.25) is 0 Å². The van der Waals surface area contributed by atoms with Crippen molar-refractivity contribution in [3.63, 3.8) is 0 Å². The fourth-order valence-electron chi connectivity index (χ4n) is 3.39. The Kier molecular flexibility index (Phi) is 4.34. The summed E-state index contributed by atoms with van der Waals surface area (Å²) in [6.45, 7) is 0.823. The quantitative estimate of drug-likeness (QED) is 0.909. The van der Waals surface area contributed by atoms with Gasteiger partial charge in [0.2, 0.25) is 0 Å². The maximum absolute atomic E-state index is 9.31. The fourth-order valence-corrected chi connectivity index (χ4v) is 3.76. The molecule has 3 rings (SSSR count). The average molecular weight is 341 g/mol.